The van der Waals surface area contributed by atoms with Gasteiger partial charge in [-0.05, 0) is 32.9 Å². The Morgan fingerprint density at radius 1 is 1.11 bits per heavy atom. The zero-order valence-corrected chi connectivity index (χ0v) is 12.5. The molecule has 0 amide bonds. The van der Waals surface area contributed by atoms with Gasteiger partial charge in [0.25, 0.3) is 0 Å². The van der Waals surface area contributed by atoms with E-state index in [1.54, 1.807) is 30.3 Å². The van der Waals surface area contributed by atoms with Crippen LogP contribution in [0, 0.1) is 0 Å². The molecule has 19 heavy (non-hydrogen) atoms. The third kappa shape index (κ3) is 9.65. The van der Waals surface area contributed by atoms with E-state index in [1.165, 1.54) is 14.2 Å². The quantitative estimate of drug-likeness (QED) is 0.591. The molecule has 1 aromatic rings. The lowest BCUT2D eigenvalue weighted by molar-refractivity contribution is 0.0597. The van der Waals surface area contributed by atoms with E-state index in [2.05, 4.69) is 11.3 Å². The van der Waals surface area contributed by atoms with Crippen molar-refractivity contribution in [3.05, 3.63) is 54.6 Å². The molecular weight excluding hydrogens is 240 g/mol. The van der Waals surface area contributed by atoms with Crippen LogP contribution < -0.4 is 4.74 Å². The highest BCUT2D eigenvalue weighted by atomic mass is 16.5. The fourth-order valence-corrected chi connectivity index (χ4v) is 0.923. The Hall–Kier alpha value is -2.03. The molecule has 106 valence electrons. The molecule has 0 saturated heterocycles. The predicted molar refractivity (Wildman–Crippen MR) is 80.7 cm³/mol. The fourth-order valence-electron chi connectivity index (χ4n) is 0.923. The van der Waals surface area contributed by atoms with Gasteiger partial charge in [-0.2, -0.15) is 0 Å². The summed E-state index contributed by atoms with van der Waals surface area (Å²) in [4.78, 5) is 11.1. The Bertz CT molecular complexity index is 377. The first kappa shape index (κ1) is 19.3. The zero-order valence-electron chi connectivity index (χ0n) is 12.5. The van der Waals surface area contributed by atoms with Crippen LogP contribution in [-0.4, -0.2) is 20.2 Å². The predicted octanol–water partition coefficient (Wildman–Crippen LogP) is 4.26. The molecule has 0 spiro atoms. The molecule has 3 nitrogen and oxygen atoms in total. The summed E-state index contributed by atoms with van der Waals surface area (Å²) >= 11 is 0. The molecule has 0 saturated carbocycles. The highest BCUT2D eigenvalue weighted by Crippen LogP contribution is 2.17. The third-order valence-corrected chi connectivity index (χ3v) is 1.85. The molecular formula is C16H24O3. The number of hydrogen-bond acceptors (Lipinski definition) is 3. The molecule has 0 aliphatic rings. The number of hydrogen-bond donors (Lipinski definition) is 0. The Kier molecular flexibility index (Phi) is 14.3. The standard InChI is InChI=1S/C9H10O3.C4H8.C3H6/c1-11-8-6-4-3-5-7(8)9(10)12-2;1-3-4-2;1-3-2/h3-6H,1-2H3;3-4H,1-2H3;3H,1H2,2H3/b;4-3-;. The Morgan fingerprint density at radius 3 is 1.95 bits per heavy atom. The maximum atomic E-state index is 11.1. The number of para-hydroxylation sites is 1. The molecule has 3 heteroatoms. The highest BCUT2D eigenvalue weighted by Gasteiger charge is 2.10. The second kappa shape index (κ2) is 14.0. The number of allylic oxidation sites excluding steroid dienone is 3. The smallest absolute Gasteiger partial charge is 0.341 e. The highest BCUT2D eigenvalue weighted by molar-refractivity contribution is 5.92. The summed E-state index contributed by atoms with van der Waals surface area (Å²) < 4.78 is 9.53. The Morgan fingerprint density at radius 2 is 1.58 bits per heavy atom. The number of rotatable bonds is 2. The largest absolute Gasteiger partial charge is 0.496 e. The number of esters is 1. The summed E-state index contributed by atoms with van der Waals surface area (Å²) in [6.45, 7) is 9.25. The number of benzene rings is 1. The summed E-state index contributed by atoms with van der Waals surface area (Å²) in [6, 6.07) is 6.93. The third-order valence-electron chi connectivity index (χ3n) is 1.85. The molecule has 1 rings (SSSR count). The summed E-state index contributed by atoms with van der Waals surface area (Å²) in [6.07, 6.45) is 5.75. The first-order chi connectivity index (χ1) is 9.12. The molecule has 0 bridgehead atoms. The van der Waals surface area contributed by atoms with E-state index in [1.807, 2.05) is 32.9 Å². The van der Waals surface area contributed by atoms with Crippen LogP contribution in [0.4, 0.5) is 0 Å². The number of ether oxygens (including phenoxy) is 2. The van der Waals surface area contributed by atoms with Crippen molar-refractivity contribution in [1.29, 1.82) is 0 Å². The average Bonchev–Trinajstić information content (AvgIpc) is 2.47. The summed E-state index contributed by atoms with van der Waals surface area (Å²) in [5, 5.41) is 0. The minimum atomic E-state index is -0.382. The van der Waals surface area contributed by atoms with E-state index < -0.39 is 0 Å². The van der Waals surface area contributed by atoms with Crippen LogP contribution in [0.1, 0.15) is 31.1 Å². The lowest BCUT2D eigenvalue weighted by atomic mass is 10.2. The summed E-state index contributed by atoms with van der Waals surface area (Å²) in [5.41, 5.74) is 0.447. The Labute approximate surface area is 116 Å². The lowest BCUT2D eigenvalue weighted by Gasteiger charge is -2.04. The molecule has 0 atom stereocenters. The number of carbonyl (C=O) groups is 1. The molecule has 0 heterocycles. The molecule has 0 radical (unpaired) electrons. The van der Waals surface area contributed by atoms with Crippen LogP contribution >= 0.6 is 0 Å². The fraction of sp³-hybridized carbons (Fsp3) is 0.312. The lowest BCUT2D eigenvalue weighted by Crippen LogP contribution is -2.03. The minimum absolute atomic E-state index is 0.382. The van der Waals surface area contributed by atoms with E-state index in [0.717, 1.165) is 0 Å². The van der Waals surface area contributed by atoms with Crippen molar-refractivity contribution in [1.82, 2.24) is 0 Å². The molecule has 0 aliphatic carbocycles. The number of methoxy groups -OCH3 is 2. The van der Waals surface area contributed by atoms with Crippen molar-refractivity contribution in [2.45, 2.75) is 20.8 Å². The van der Waals surface area contributed by atoms with Gasteiger partial charge in [-0.25, -0.2) is 4.79 Å². The summed E-state index contributed by atoms with van der Waals surface area (Å²) in [5.74, 6) is 0.150. The van der Waals surface area contributed by atoms with Gasteiger partial charge in [0.15, 0.2) is 0 Å². The summed E-state index contributed by atoms with van der Waals surface area (Å²) in [7, 11) is 2.86. The maximum absolute atomic E-state index is 11.1. The van der Waals surface area contributed by atoms with Crippen molar-refractivity contribution >= 4 is 5.97 Å². The monoisotopic (exact) mass is 264 g/mol. The number of carbonyl (C=O) groups excluding carboxylic acids is 1. The van der Waals surface area contributed by atoms with Gasteiger partial charge in [0.1, 0.15) is 11.3 Å². The molecule has 1 aromatic carbocycles. The first-order valence-electron chi connectivity index (χ1n) is 5.98. The molecule has 0 aliphatic heterocycles. The van der Waals surface area contributed by atoms with Crippen LogP contribution in [0.5, 0.6) is 5.75 Å². The molecule has 0 unspecified atom stereocenters. The van der Waals surface area contributed by atoms with Crippen molar-refractivity contribution in [3.63, 3.8) is 0 Å². The van der Waals surface area contributed by atoms with Crippen molar-refractivity contribution in [3.8, 4) is 5.75 Å². The van der Waals surface area contributed by atoms with E-state index in [9.17, 15) is 4.79 Å². The van der Waals surface area contributed by atoms with Gasteiger partial charge in [-0.3, -0.25) is 0 Å². The van der Waals surface area contributed by atoms with Crippen molar-refractivity contribution in [2.24, 2.45) is 0 Å². The van der Waals surface area contributed by atoms with Crippen LogP contribution in [0.3, 0.4) is 0 Å². The van der Waals surface area contributed by atoms with E-state index >= 15 is 0 Å². The zero-order chi connectivity index (χ0) is 15.1. The average molecular weight is 264 g/mol. The second-order valence-electron chi connectivity index (χ2n) is 3.27. The van der Waals surface area contributed by atoms with E-state index in [4.69, 9.17) is 4.74 Å². The van der Waals surface area contributed by atoms with E-state index in [0.29, 0.717) is 11.3 Å². The molecule has 0 aromatic heterocycles. The maximum Gasteiger partial charge on any atom is 0.341 e. The van der Waals surface area contributed by atoms with Crippen LogP contribution in [-0.2, 0) is 4.74 Å². The van der Waals surface area contributed by atoms with Gasteiger partial charge in [0.2, 0.25) is 0 Å². The van der Waals surface area contributed by atoms with Crippen LogP contribution in [0.25, 0.3) is 0 Å². The van der Waals surface area contributed by atoms with E-state index in [-0.39, 0.29) is 5.97 Å². The van der Waals surface area contributed by atoms with Crippen LogP contribution in [0.2, 0.25) is 0 Å². The second-order valence-corrected chi connectivity index (χ2v) is 3.27. The Balaban J connectivity index is 0. The molecule has 0 N–H and O–H groups in total. The van der Waals surface area contributed by atoms with Gasteiger partial charge in [0.05, 0.1) is 14.2 Å². The van der Waals surface area contributed by atoms with Gasteiger partial charge in [-0.1, -0.05) is 30.4 Å². The van der Waals surface area contributed by atoms with Crippen molar-refractivity contribution < 1.29 is 14.3 Å². The topological polar surface area (TPSA) is 35.5 Å². The van der Waals surface area contributed by atoms with Gasteiger partial charge >= 0.3 is 5.97 Å². The van der Waals surface area contributed by atoms with Gasteiger partial charge in [-0.15, -0.1) is 6.58 Å². The van der Waals surface area contributed by atoms with Gasteiger partial charge < -0.3 is 9.47 Å². The van der Waals surface area contributed by atoms with Crippen molar-refractivity contribution in [2.75, 3.05) is 14.2 Å². The van der Waals surface area contributed by atoms with Crippen LogP contribution in [0.15, 0.2) is 49.1 Å². The SMILES string of the molecule is C/C=C\C.C=CC.COC(=O)c1ccccc1OC. The minimum Gasteiger partial charge on any atom is -0.496 e. The normalized spacial score (nSPS) is 8.47. The van der Waals surface area contributed by atoms with Gasteiger partial charge in [0, 0.05) is 0 Å². The molecule has 0 fully saturated rings. The first-order valence-corrected chi connectivity index (χ1v) is 5.98.